The van der Waals surface area contributed by atoms with Gasteiger partial charge in [-0.15, -0.1) is 0 Å². The van der Waals surface area contributed by atoms with Crippen LogP contribution in [0.1, 0.15) is 33.0 Å². The Hall–Kier alpha value is -2.08. The Kier molecular flexibility index (Phi) is 4.73. The van der Waals surface area contributed by atoms with E-state index in [4.69, 9.17) is 11.6 Å². The molecule has 3 rings (SSSR count). The van der Waals surface area contributed by atoms with Gasteiger partial charge < -0.3 is 15.2 Å². The van der Waals surface area contributed by atoms with Gasteiger partial charge in [0.1, 0.15) is 5.82 Å². The predicted molar refractivity (Wildman–Crippen MR) is 97.4 cm³/mol. The SMILES string of the molecule is CC(C)(C)N1C[C@H](C(=O)NCCc2nc3ccc(Cl)cc3[nH]2)CC1=O. The first-order valence-corrected chi connectivity index (χ1v) is 8.84. The molecule has 1 atom stereocenters. The zero-order valence-corrected chi connectivity index (χ0v) is 15.5. The molecule has 25 heavy (non-hydrogen) atoms. The number of nitrogens with zero attached hydrogens (tertiary/aromatic N) is 2. The van der Waals surface area contributed by atoms with Gasteiger partial charge in [0.25, 0.3) is 0 Å². The zero-order chi connectivity index (χ0) is 18.2. The van der Waals surface area contributed by atoms with E-state index >= 15 is 0 Å². The summed E-state index contributed by atoms with van der Waals surface area (Å²) in [6.45, 7) is 6.92. The van der Waals surface area contributed by atoms with Crippen LogP contribution in [0, 0.1) is 5.92 Å². The molecule has 0 saturated carbocycles. The first-order valence-electron chi connectivity index (χ1n) is 8.46. The van der Waals surface area contributed by atoms with Crippen molar-refractivity contribution in [3.8, 4) is 0 Å². The number of carbonyl (C=O) groups excluding carboxylic acids is 2. The molecule has 0 radical (unpaired) electrons. The lowest BCUT2D eigenvalue weighted by Crippen LogP contribution is -2.43. The number of halogens is 1. The lowest BCUT2D eigenvalue weighted by molar-refractivity contribution is -0.132. The number of hydrogen-bond acceptors (Lipinski definition) is 3. The second-order valence-corrected chi connectivity index (χ2v) is 7.90. The highest BCUT2D eigenvalue weighted by molar-refractivity contribution is 6.31. The van der Waals surface area contributed by atoms with Crippen LogP contribution < -0.4 is 5.32 Å². The van der Waals surface area contributed by atoms with E-state index < -0.39 is 0 Å². The molecule has 0 aliphatic carbocycles. The Bertz CT molecular complexity index is 809. The van der Waals surface area contributed by atoms with Crippen molar-refractivity contribution < 1.29 is 9.59 Å². The van der Waals surface area contributed by atoms with Crippen LogP contribution in [0.5, 0.6) is 0 Å². The lowest BCUT2D eigenvalue weighted by atomic mass is 10.1. The number of hydrogen-bond donors (Lipinski definition) is 2. The first-order chi connectivity index (χ1) is 11.7. The molecule has 134 valence electrons. The Balaban J connectivity index is 1.53. The van der Waals surface area contributed by atoms with Gasteiger partial charge >= 0.3 is 0 Å². The van der Waals surface area contributed by atoms with E-state index in [1.165, 1.54) is 0 Å². The van der Waals surface area contributed by atoms with Crippen LogP contribution in [0.25, 0.3) is 11.0 Å². The summed E-state index contributed by atoms with van der Waals surface area (Å²) in [4.78, 5) is 33.9. The van der Waals surface area contributed by atoms with E-state index in [1.54, 1.807) is 11.0 Å². The van der Waals surface area contributed by atoms with Crippen molar-refractivity contribution in [1.82, 2.24) is 20.2 Å². The van der Waals surface area contributed by atoms with Crippen molar-refractivity contribution in [1.29, 1.82) is 0 Å². The minimum absolute atomic E-state index is 0.0433. The van der Waals surface area contributed by atoms with Gasteiger partial charge in [0.15, 0.2) is 0 Å². The maximum Gasteiger partial charge on any atom is 0.225 e. The predicted octanol–water partition coefficient (Wildman–Crippen LogP) is 2.52. The lowest BCUT2D eigenvalue weighted by Gasteiger charge is -2.31. The molecule has 2 heterocycles. The number of carbonyl (C=O) groups is 2. The average molecular weight is 363 g/mol. The normalized spacial score (nSPS) is 18.2. The highest BCUT2D eigenvalue weighted by atomic mass is 35.5. The largest absolute Gasteiger partial charge is 0.355 e. The highest BCUT2D eigenvalue weighted by Crippen LogP contribution is 2.25. The number of rotatable bonds is 4. The number of imidazole rings is 1. The number of aromatic nitrogens is 2. The Labute approximate surface area is 151 Å². The molecule has 0 spiro atoms. The van der Waals surface area contributed by atoms with Gasteiger partial charge in [0.05, 0.1) is 17.0 Å². The molecule has 1 aromatic heterocycles. The minimum Gasteiger partial charge on any atom is -0.355 e. The number of fused-ring (bicyclic) bond motifs is 1. The minimum atomic E-state index is -0.277. The summed E-state index contributed by atoms with van der Waals surface area (Å²) in [5.41, 5.74) is 1.49. The Morgan fingerprint density at radius 2 is 2.20 bits per heavy atom. The van der Waals surface area contributed by atoms with Gasteiger partial charge in [-0.2, -0.15) is 0 Å². The highest BCUT2D eigenvalue weighted by Gasteiger charge is 2.39. The maximum absolute atomic E-state index is 12.3. The summed E-state index contributed by atoms with van der Waals surface area (Å²) < 4.78 is 0. The molecule has 2 amide bonds. The van der Waals surface area contributed by atoms with Gasteiger partial charge in [-0.05, 0) is 39.0 Å². The van der Waals surface area contributed by atoms with Crippen LogP contribution in [0.2, 0.25) is 5.02 Å². The van der Waals surface area contributed by atoms with Crippen molar-refractivity contribution in [3.63, 3.8) is 0 Å². The fraction of sp³-hybridized carbons (Fsp3) is 0.500. The van der Waals surface area contributed by atoms with E-state index in [0.29, 0.717) is 24.5 Å². The standard InChI is InChI=1S/C18H23ClN4O2/c1-18(2,3)23-10-11(8-16(23)24)17(25)20-7-6-15-21-13-5-4-12(19)9-14(13)22-15/h4-5,9,11H,6-8,10H2,1-3H3,(H,20,25)(H,21,22)/t11-/m1/s1. The molecule has 0 unspecified atom stereocenters. The summed E-state index contributed by atoms with van der Waals surface area (Å²) in [6, 6.07) is 5.49. The van der Waals surface area contributed by atoms with Crippen molar-refractivity contribution in [2.45, 2.75) is 39.2 Å². The second-order valence-electron chi connectivity index (χ2n) is 7.46. The first kappa shape index (κ1) is 17.7. The molecule has 1 fully saturated rings. The summed E-state index contributed by atoms with van der Waals surface area (Å²) >= 11 is 5.97. The number of benzene rings is 1. The molecule has 1 aliphatic heterocycles. The van der Waals surface area contributed by atoms with Crippen molar-refractivity contribution in [2.75, 3.05) is 13.1 Å². The van der Waals surface area contributed by atoms with Crippen molar-refractivity contribution in [2.24, 2.45) is 5.92 Å². The molecule has 1 aliphatic rings. The average Bonchev–Trinajstić information content (AvgIpc) is 3.09. The molecular weight excluding hydrogens is 340 g/mol. The van der Waals surface area contributed by atoms with E-state index in [0.717, 1.165) is 16.9 Å². The van der Waals surface area contributed by atoms with Crippen LogP contribution in [-0.4, -0.2) is 45.3 Å². The van der Waals surface area contributed by atoms with E-state index in [-0.39, 0.29) is 29.7 Å². The smallest absolute Gasteiger partial charge is 0.225 e. The van der Waals surface area contributed by atoms with Crippen LogP contribution in [-0.2, 0) is 16.0 Å². The number of amides is 2. The summed E-state index contributed by atoms with van der Waals surface area (Å²) in [5.74, 6) is 0.499. The summed E-state index contributed by atoms with van der Waals surface area (Å²) in [7, 11) is 0. The van der Waals surface area contributed by atoms with Gasteiger partial charge in [0, 0.05) is 36.5 Å². The van der Waals surface area contributed by atoms with Crippen LogP contribution in [0.15, 0.2) is 18.2 Å². The third-order valence-electron chi connectivity index (χ3n) is 4.46. The van der Waals surface area contributed by atoms with Crippen LogP contribution in [0.4, 0.5) is 0 Å². The molecule has 0 bridgehead atoms. The topological polar surface area (TPSA) is 78.1 Å². The molecule has 1 saturated heterocycles. The zero-order valence-electron chi connectivity index (χ0n) is 14.7. The van der Waals surface area contributed by atoms with E-state index in [1.807, 2.05) is 32.9 Å². The van der Waals surface area contributed by atoms with Crippen LogP contribution >= 0.6 is 11.6 Å². The van der Waals surface area contributed by atoms with E-state index in [9.17, 15) is 9.59 Å². The van der Waals surface area contributed by atoms with Crippen LogP contribution in [0.3, 0.4) is 0 Å². The Morgan fingerprint density at radius 1 is 1.44 bits per heavy atom. The summed E-state index contributed by atoms with van der Waals surface area (Å²) in [5, 5.41) is 3.58. The second kappa shape index (κ2) is 6.67. The monoisotopic (exact) mass is 362 g/mol. The quantitative estimate of drug-likeness (QED) is 0.877. The van der Waals surface area contributed by atoms with Gasteiger partial charge in [-0.3, -0.25) is 9.59 Å². The summed E-state index contributed by atoms with van der Waals surface area (Å²) in [6.07, 6.45) is 0.883. The molecule has 2 N–H and O–H groups in total. The number of likely N-dealkylation sites (tertiary alicyclic amines) is 1. The van der Waals surface area contributed by atoms with Crippen molar-refractivity contribution >= 4 is 34.4 Å². The fourth-order valence-corrected chi connectivity index (χ4v) is 3.30. The molecule has 7 heteroatoms. The fourth-order valence-electron chi connectivity index (χ4n) is 3.13. The number of nitrogens with one attached hydrogen (secondary N) is 2. The molecular formula is C18H23ClN4O2. The van der Waals surface area contributed by atoms with Gasteiger partial charge in [0.2, 0.25) is 11.8 Å². The van der Waals surface area contributed by atoms with Gasteiger partial charge in [-0.1, -0.05) is 11.6 Å². The van der Waals surface area contributed by atoms with Crippen molar-refractivity contribution in [3.05, 3.63) is 29.0 Å². The maximum atomic E-state index is 12.3. The molecule has 2 aromatic rings. The number of H-pyrrole nitrogens is 1. The molecule has 1 aromatic carbocycles. The molecule has 6 nitrogen and oxygen atoms in total. The number of aromatic amines is 1. The van der Waals surface area contributed by atoms with E-state index in [2.05, 4.69) is 15.3 Å². The third kappa shape index (κ3) is 3.95. The Morgan fingerprint density at radius 3 is 2.88 bits per heavy atom. The third-order valence-corrected chi connectivity index (χ3v) is 4.69. The van der Waals surface area contributed by atoms with Gasteiger partial charge in [-0.25, -0.2) is 4.98 Å².